The second-order valence-corrected chi connectivity index (χ2v) is 7.64. The SMILES string of the molecule is CCCCc1ncc(CN2C[C@@H]3COC[C@H](C2)N(C(=O)c2ccco2)C3)[nH]1. The number of hydrogen-bond donors (Lipinski definition) is 1. The monoisotopic (exact) mass is 372 g/mol. The maximum atomic E-state index is 12.9. The number of amides is 1. The Hall–Kier alpha value is -2.12. The third kappa shape index (κ3) is 4.25. The van der Waals surface area contributed by atoms with E-state index in [0.717, 1.165) is 44.0 Å². The summed E-state index contributed by atoms with van der Waals surface area (Å²) in [4.78, 5) is 25.2. The van der Waals surface area contributed by atoms with Crippen molar-refractivity contribution in [2.24, 2.45) is 5.92 Å². The minimum atomic E-state index is -0.0363. The van der Waals surface area contributed by atoms with Crippen LogP contribution in [0.2, 0.25) is 0 Å². The van der Waals surface area contributed by atoms with Gasteiger partial charge >= 0.3 is 0 Å². The highest BCUT2D eigenvalue weighted by Crippen LogP contribution is 2.23. The number of unbranched alkanes of at least 4 members (excludes halogenated alkanes) is 1. The average molecular weight is 372 g/mol. The molecule has 7 heteroatoms. The van der Waals surface area contributed by atoms with E-state index in [1.54, 1.807) is 18.4 Å². The van der Waals surface area contributed by atoms with Crippen LogP contribution in [0.1, 0.15) is 41.8 Å². The van der Waals surface area contributed by atoms with E-state index >= 15 is 0 Å². The summed E-state index contributed by atoms with van der Waals surface area (Å²) >= 11 is 0. The Balaban J connectivity index is 1.44. The Morgan fingerprint density at radius 3 is 3.07 bits per heavy atom. The number of hydrogen-bond acceptors (Lipinski definition) is 5. The summed E-state index contributed by atoms with van der Waals surface area (Å²) in [6.45, 7) is 6.72. The molecule has 2 aromatic heterocycles. The van der Waals surface area contributed by atoms with Crippen LogP contribution in [0.4, 0.5) is 0 Å². The predicted octanol–water partition coefficient (Wildman–Crippen LogP) is 2.32. The number of nitrogens with one attached hydrogen (secondary N) is 1. The molecule has 2 atom stereocenters. The average Bonchev–Trinajstić information content (AvgIpc) is 3.26. The lowest BCUT2D eigenvalue weighted by atomic mass is 10.1. The summed E-state index contributed by atoms with van der Waals surface area (Å²) in [7, 11) is 0. The maximum absolute atomic E-state index is 12.9. The summed E-state index contributed by atoms with van der Waals surface area (Å²) < 4.78 is 11.2. The minimum absolute atomic E-state index is 0.0363. The van der Waals surface area contributed by atoms with Gasteiger partial charge in [-0.05, 0) is 18.6 Å². The smallest absolute Gasteiger partial charge is 0.289 e. The Bertz CT molecular complexity index is 742. The first-order chi connectivity index (χ1) is 13.2. The van der Waals surface area contributed by atoms with Gasteiger partial charge in [-0.3, -0.25) is 9.69 Å². The number of fused-ring (bicyclic) bond motifs is 3. The van der Waals surface area contributed by atoms with Gasteiger partial charge in [-0.25, -0.2) is 4.98 Å². The molecule has 1 N–H and O–H groups in total. The molecule has 0 spiro atoms. The molecule has 0 aliphatic carbocycles. The van der Waals surface area contributed by atoms with Crippen LogP contribution in [0, 0.1) is 5.92 Å². The van der Waals surface area contributed by atoms with Gasteiger partial charge in [-0.1, -0.05) is 13.3 Å². The third-order valence-corrected chi connectivity index (χ3v) is 5.38. The van der Waals surface area contributed by atoms with Crippen molar-refractivity contribution < 1.29 is 13.9 Å². The van der Waals surface area contributed by atoms with Crippen LogP contribution < -0.4 is 0 Å². The van der Waals surface area contributed by atoms with Crippen LogP contribution >= 0.6 is 0 Å². The topological polar surface area (TPSA) is 74.6 Å². The highest BCUT2D eigenvalue weighted by Gasteiger charge is 2.37. The zero-order valence-electron chi connectivity index (χ0n) is 15.9. The van der Waals surface area contributed by atoms with E-state index in [0.29, 0.717) is 31.4 Å². The van der Waals surface area contributed by atoms with Gasteiger partial charge in [0.25, 0.3) is 5.91 Å². The highest BCUT2D eigenvalue weighted by atomic mass is 16.5. The first-order valence-corrected chi connectivity index (χ1v) is 9.90. The highest BCUT2D eigenvalue weighted by molar-refractivity contribution is 5.91. The van der Waals surface area contributed by atoms with Gasteiger partial charge in [-0.2, -0.15) is 0 Å². The number of aryl methyl sites for hydroxylation is 1. The summed E-state index contributed by atoms with van der Waals surface area (Å²) in [6.07, 6.45) is 6.83. The summed E-state index contributed by atoms with van der Waals surface area (Å²) in [6, 6.07) is 3.53. The summed E-state index contributed by atoms with van der Waals surface area (Å²) in [5.41, 5.74) is 1.14. The number of H-pyrrole nitrogens is 1. The van der Waals surface area contributed by atoms with Gasteiger partial charge in [0.2, 0.25) is 0 Å². The molecule has 1 amide bonds. The van der Waals surface area contributed by atoms with Gasteiger partial charge in [0.05, 0.1) is 25.5 Å². The fourth-order valence-corrected chi connectivity index (χ4v) is 4.06. The normalized spacial score (nSPS) is 23.4. The van der Waals surface area contributed by atoms with E-state index in [4.69, 9.17) is 9.15 Å². The first-order valence-electron chi connectivity index (χ1n) is 9.90. The Kier molecular flexibility index (Phi) is 5.59. The minimum Gasteiger partial charge on any atom is -0.459 e. The van der Waals surface area contributed by atoms with E-state index in [1.807, 2.05) is 11.1 Å². The molecule has 4 rings (SSSR count). The number of rotatable bonds is 6. The molecule has 2 aliphatic heterocycles. The molecule has 7 nitrogen and oxygen atoms in total. The Labute approximate surface area is 159 Å². The molecular weight excluding hydrogens is 344 g/mol. The second-order valence-electron chi connectivity index (χ2n) is 7.64. The number of aromatic amines is 1. The Morgan fingerprint density at radius 1 is 1.33 bits per heavy atom. The largest absolute Gasteiger partial charge is 0.459 e. The number of carbonyl (C=O) groups excluding carboxylic acids is 1. The molecule has 0 aromatic carbocycles. The molecule has 0 saturated carbocycles. The zero-order valence-corrected chi connectivity index (χ0v) is 15.9. The van der Waals surface area contributed by atoms with Crippen molar-refractivity contribution in [2.75, 3.05) is 32.8 Å². The van der Waals surface area contributed by atoms with Gasteiger partial charge in [-0.15, -0.1) is 0 Å². The van der Waals surface area contributed by atoms with Crippen LogP contribution in [0.15, 0.2) is 29.0 Å². The van der Waals surface area contributed by atoms with Crippen molar-refractivity contribution in [3.8, 4) is 0 Å². The van der Waals surface area contributed by atoms with Crippen molar-refractivity contribution in [1.29, 1.82) is 0 Å². The number of carbonyl (C=O) groups is 1. The van der Waals surface area contributed by atoms with Gasteiger partial charge in [0.1, 0.15) is 5.82 Å². The van der Waals surface area contributed by atoms with Crippen LogP contribution in [0.25, 0.3) is 0 Å². The lowest BCUT2D eigenvalue weighted by molar-refractivity contribution is 0.0408. The second kappa shape index (κ2) is 8.27. The standard InChI is InChI=1S/C20H28N4O3/c1-2-3-6-19-21-8-16(22-19)11-23-9-15-10-24(17(12-23)14-26-13-15)20(25)18-5-4-7-27-18/h4-5,7-8,15,17H,2-3,6,9-14H2,1H3,(H,21,22)/t15-,17-/m0/s1. The molecule has 0 unspecified atom stereocenters. The number of nitrogens with zero attached hydrogens (tertiary/aromatic N) is 3. The fourth-order valence-electron chi connectivity index (χ4n) is 4.06. The molecule has 2 aromatic rings. The van der Waals surface area contributed by atoms with Crippen LogP contribution in [0.3, 0.4) is 0 Å². The number of ether oxygens (including phenoxy) is 1. The van der Waals surface area contributed by atoms with Crippen LogP contribution in [-0.4, -0.2) is 64.6 Å². The predicted molar refractivity (Wildman–Crippen MR) is 100 cm³/mol. The molecule has 146 valence electrons. The molecule has 0 radical (unpaired) electrons. The van der Waals surface area contributed by atoms with Crippen molar-refractivity contribution in [3.05, 3.63) is 41.9 Å². The van der Waals surface area contributed by atoms with Gasteiger partial charge in [0.15, 0.2) is 5.76 Å². The molecule has 2 saturated heterocycles. The molecular formula is C20H28N4O3. The lowest BCUT2D eigenvalue weighted by Gasteiger charge is -2.30. The quantitative estimate of drug-likeness (QED) is 0.842. The third-order valence-electron chi connectivity index (χ3n) is 5.38. The van der Waals surface area contributed by atoms with E-state index in [2.05, 4.69) is 21.8 Å². The van der Waals surface area contributed by atoms with E-state index in [9.17, 15) is 4.79 Å². The van der Waals surface area contributed by atoms with Crippen molar-refractivity contribution in [3.63, 3.8) is 0 Å². The summed E-state index contributed by atoms with van der Waals surface area (Å²) in [5.74, 6) is 1.74. The number of aromatic nitrogens is 2. The Morgan fingerprint density at radius 2 is 2.26 bits per heavy atom. The first kappa shape index (κ1) is 18.3. The molecule has 2 fully saturated rings. The molecule has 2 aliphatic rings. The molecule has 27 heavy (non-hydrogen) atoms. The van der Waals surface area contributed by atoms with E-state index in [1.165, 1.54) is 6.42 Å². The maximum Gasteiger partial charge on any atom is 0.289 e. The van der Waals surface area contributed by atoms with Crippen LogP contribution in [-0.2, 0) is 17.7 Å². The van der Waals surface area contributed by atoms with Crippen molar-refractivity contribution >= 4 is 5.91 Å². The van der Waals surface area contributed by atoms with Gasteiger partial charge < -0.3 is 19.0 Å². The van der Waals surface area contributed by atoms with Crippen molar-refractivity contribution in [2.45, 2.75) is 38.8 Å². The van der Waals surface area contributed by atoms with Crippen molar-refractivity contribution in [1.82, 2.24) is 19.8 Å². The fraction of sp³-hybridized carbons (Fsp3) is 0.600. The number of furan rings is 1. The zero-order chi connectivity index (χ0) is 18.6. The van der Waals surface area contributed by atoms with Crippen LogP contribution in [0.5, 0.6) is 0 Å². The molecule has 2 bridgehead atoms. The summed E-state index contributed by atoms with van der Waals surface area (Å²) in [5, 5.41) is 0. The van der Waals surface area contributed by atoms with E-state index in [-0.39, 0.29) is 11.9 Å². The molecule has 4 heterocycles. The lowest BCUT2D eigenvalue weighted by Crippen LogP contribution is -2.46. The van der Waals surface area contributed by atoms with Gasteiger partial charge in [0, 0.05) is 50.4 Å². The van der Waals surface area contributed by atoms with E-state index < -0.39 is 0 Å². The number of imidazole rings is 1.